The van der Waals surface area contributed by atoms with Crippen molar-refractivity contribution >= 4 is 35.0 Å². The molecule has 4 rings (SSSR count). The minimum absolute atomic E-state index is 0.0247. The van der Waals surface area contributed by atoms with E-state index in [2.05, 4.69) is 36.5 Å². The summed E-state index contributed by atoms with van der Waals surface area (Å²) in [5.41, 5.74) is 2.91. The Morgan fingerprint density at radius 3 is 2.41 bits per heavy atom. The molecule has 8 nitrogen and oxygen atoms in total. The van der Waals surface area contributed by atoms with Crippen LogP contribution in [0, 0.1) is 6.92 Å². The molecule has 0 unspecified atom stereocenters. The van der Waals surface area contributed by atoms with Crippen molar-refractivity contribution in [3.05, 3.63) is 70.4 Å². The zero-order chi connectivity index (χ0) is 26.7. The Bertz CT molecular complexity index is 1290. The molecule has 0 aliphatic carbocycles. The number of likely N-dealkylation sites (tertiary alicyclic amines) is 1. The molecule has 2 heterocycles. The van der Waals surface area contributed by atoms with E-state index in [1.54, 1.807) is 23.9 Å². The van der Waals surface area contributed by atoms with Gasteiger partial charge in [0.1, 0.15) is 17.7 Å². The van der Waals surface area contributed by atoms with Gasteiger partial charge in [0.2, 0.25) is 0 Å². The maximum Gasteiger partial charge on any atom is 0.324 e. The number of nitrogens with one attached hydrogen (secondary N) is 2. The van der Waals surface area contributed by atoms with Crippen LogP contribution in [0.1, 0.15) is 55.2 Å². The van der Waals surface area contributed by atoms with Gasteiger partial charge >= 0.3 is 6.03 Å². The lowest BCUT2D eigenvalue weighted by Crippen LogP contribution is -2.41. The molecule has 0 radical (unpaired) electrons. The number of ether oxygens (including phenoxy) is 1. The molecule has 3 aromatic rings. The summed E-state index contributed by atoms with van der Waals surface area (Å²) in [6.07, 6.45) is 1.40. The molecule has 1 aliphatic heterocycles. The quantitative estimate of drug-likeness (QED) is 0.429. The summed E-state index contributed by atoms with van der Waals surface area (Å²) < 4.78 is 7.95. The molecule has 2 aromatic carbocycles. The number of anilines is 2. The van der Waals surface area contributed by atoms with Crippen LogP contribution in [0.25, 0.3) is 0 Å². The fraction of sp³-hybridized carbons (Fsp3) is 0.393. The van der Waals surface area contributed by atoms with E-state index >= 15 is 0 Å². The van der Waals surface area contributed by atoms with E-state index in [-0.39, 0.29) is 23.5 Å². The first kappa shape index (κ1) is 26.5. The number of piperidine rings is 1. The molecule has 3 amide bonds. The van der Waals surface area contributed by atoms with Crippen molar-refractivity contribution in [2.24, 2.45) is 7.05 Å². The van der Waals surface area contributed by atoms with Crippen molar-refractivity contribution in [1.82, 2.24) is 14.7 Å². The summed E-state index contributed by atoms with van der Waals surface area (Å²) in [5.74, 6) is 1.27. The predicted octanol–water partition coefficient (Wildman–Crippen LogP) is 6.01. The highest BCUT2D eigenvalue weighted by Crippen LogP contribution is 2.28. The van der Waals surface area contributed by atoms with Crippen molar-refractivity contribution in [2.45, 2.75) is 52.1 Å². The van der Waals surface area contributed by atoms with Crippen LogP contribution >= 0.6 is 11.6 Å². The molecule has 2 N–H and O–H groups in total. The fourth-order valence-corrected chi connectivity index (χ4v) is 4.41. The molecular formula is C28H34ClN5O3. The summed E-state index contributed by atoms with van der Waals surface area (Å²) >= 11 is 6.20. The zero-order valence-electron chi connectivity index (χ0n) is 22.0. The fourth-order valence-electron chi connectivity index (χ4n) is 4.20. The largest absolute Gasteiger partial charge is 0.490 e. The van der Waals surface area contributed by atoms with Crippen LogP contribution < -0.4 is 15.4 Å². The summed E-state index contributed by atoms with van der Waals surface area (Å²) in [6, 6.07) is 14.2. The Labute approximate surface area is 222 Å². The van der Waals surface area contributed by atoms with Crippen LogP contribution in [-0.4, -0.2) is 45.8 Å². The van der Waals surface area contributed by atoms with Gasteiger partial charge < -0.3 is 15.0 Å². The number of urea groups is 1. The Kier molecular flexibility index (Phi) is 7.78. The zero-order valence-corrected chi connectivity index (χ0v) is 22.7. The highest BCUT2D eigenvalue weighted by molar-refractivity contribution is 6.33. The molecule has 0 spiro atoms. The molecule has 0 bridgehead atoms. The van der Waals surface area contributed by atoms with E-state index in [9.17, 15) is 9.59 Å². The van der Waals surface area contributed by atoms with Crippen molar-refractivity contribution in [3.63, 3.8) is 0 Å². The second-order valence-electron chi connectivity index (χ2n) is 10.4. The number of hydrogen-bond donors (Lipinski definition) is 2. The third kappa shape index (κ3) is 6.43. The second kappa shape index (κ2) is 10.8. The van der Waals surface area contributed by atoms with Gasteiger partial charge in [-0.2, -0.15) is 5.10 Å². The van der Waals surface area contributed by atoms with Crippen molar-refractivity contribution in [2.75, 3.05) is 23.7 Å². The van der Waals surface area contributed by atoms with Crippen LogP contribution in [0.4, 0.5) is 16.3 Å². The summed E-state index contributed by atoms with van der Waals surface area (Å²) in [5, 5.41) is 10.7. The first-order valence-electron chi connectivity index (χ1n) is 12.4. The molecule has 1 fully saturated rings. The number of hydrogen-bond acceptors (Lipinski definition) is 4. The maximum absolute atomic E-state index is 12.8. The smallest absolute Gasteiger partial charge is 0.324 e. The highest BCUT2D eigenvalue weighted by atomic mass is 35.5. The summed E-state index contributed by atoms with van der Waals surface area (Å²) in [4.78, 5) is 27.3. The van der Waals surface area contributed by atoms with Gasteiger partial charge in [-0.05, 0) is 30.7 Å². The van der Waals surface area contributed by atoms with E-state index in [0.29, 0.717) is 53.8 Å². The number of aromatic nitrogens is 2. The van der Waals surface area contributed by atoms with E-state index in [4.69, 9.17) is 16.3 Å². The number of carbonyl (C=O) groups excluding carboxylic acids is 2. The van der Waals surface area contributed by atoms with Gasteiger partial charge in [0.25, 0.3) is 5.91 Å². The maximum atomic E-state index is 12.8. The standard InChI is InChI=1S/C28H34ClN5O3/c1-18-10-11-19(30-27(36)31-25-17-24(28(2,3)4)32-33(25)5)16-23(18)37-20-12-14-34(15-13-20)26(35)21-8-6-7-9-22(21)29/h6-11,16-17,20H,12-15H2,1-5H3,(H2,30,31,36). The lowest BCUT2D eigenvalue weighted by atomic mass is 9.92. The van der Waals surface area contributed by atoms with Crippen LogP contribution in [0.15, 0.2) is 48.5 Å². The highest BCUT2D eigenvalue weighted by Gasteiger charge is 2.26. The molecule has 37 heavy (non-hydrogen) atoms. The number of nitrogens with zero attached hydrogens (tertiary/aromatic N) is 3. The molecule has 196 valence electrons. The Morgan fingerprint density at radius 1 is 1.05 bits per heavy atom. The predicted molar refractivity (Wildman–Crippen MR) is 147 cm³/mol. The second-order valence-corrected chi connectivity index (χ2v) is 10.8. The lowest BCUT2D eigenvalue weighted by molar-refractivity contribution is 0.0594. The number of rotatable bonds is 5. The van der Waals surface area contributed by atoms with Gasteiger partial charge in [-0.1, -0.05) is 50.6 Å². The molecule has 0 saturated carbocycles. The molecule has 9 heteroatoms. The molecule has 0 atom stereocenters. The first-order valence-corrected chi connectivity index (χ1v) is 12.8. The van der Waals surface area contributed by atoms with Gasteiger partial charge in [0, 0.05) is 56.2 Å². The lowest BCUT2D eigenvalue weighted by Gasteiger charge is -2.32. The van der Waals surface area contributed by atoms with E-state index in [1.165, 1.54) is 0 Å². The topological polar surface area (TPSA) is 88.5 Å². The average molecular weight is 524 g/mol. The molecular weight excluding hydrogens is 490 g/mol. The SMILES string of the molecule is Cc1ccc(NC(=O)Nc2cc(C(C)(C)C)nn2C)cc1OC1CCN(C(=O)c2ccccc2Cl)CC1. The van der Waals surface area contributed by atoms with Crippen molar-refractivity contribution in [3.8, 4) is 5.75 Å². The minimum atomic E-state index is -0.357. The van der Waals surface area contributed by atoms with Gasteiger partial charge in [0.15, 0.2) is 0 Å². The average Bonchev–Trinajstić information content (AvgIpc) is 3.22. The van der Waals surface area contributed by atoms with E-state index in [0.717, 1.165) is 11.3 Å². The monoisotopic (exact) mass is 523 g/mol. The number of carbonyl (C=O) groups is 2. The Morgan fingerprint density at radius 2 is 1.76 bits per heavy atom. The van der Waals surface area contributed by atoms with Crippen LogP contribution in [0.3, 0.4) is 0 Å². The minimum Gasteiger partial charge on any atom is -0.490 e. The van der Waals surface area contributed by atoms with Crippen LogP contribution in [0.2, 0.25) is 5.02 Å². The van der Waals surface area contributed by atoms with Gasteiger partial charge in [0.05, 0.1) is 16.3 Å². The third-order valence-electron chi connectivity index (χ3n) is 6.46. The Hall–Kier alpha value is -3.52. The van der Waals surface area contributed by atoms with Crippen LogP contribution in [0.5, 0.6) is 5.75 Å². The van der Waals surface area contributed by atoms with Gasteiger partial charge in [-0.25, -0.2) is 4.79 Å². The number of aryl methyl sites for hydroxylation is 2. The van der Waals surface area contributed by atoms with E-state index < -0.39 is 0 Å². The molecule has 1 aliphatic rings. The van der Waals surface area contributed by atoms with Crippen LogP contribution in [-0.2, 0) is 12.5 Å². The third-order valence-corrected chi connectivity index (χ3v) is 6.79. The van der Waals surface area contributed by atoms with Crippen molar-refractivity contribution in [1.29, 1.82) is 0 Å². The van der Waals surface area contributed by atoms with Gasteiger partial charge in [-0.3, -0.25) is 14.8 Å². The summed E-state index contributed by atoms with van der Waals surface area (Å²) in [7, 11) is 1.80. The molecule has 1 aromatic heterocycles. The molecule has 1 saturated heterocycles. The van der Waals surface area contributed by atoms with Crippen molar-refractivity contribution < 1.29 is 14.3 Å². The number of benzene rings is 2. The first-order chi connectivity index (χ1) is 17.5. The van der Waals surface area contributed by atoms with E-state index in [1.807, 2.05) is 48.2 Å². The number of amides is 3. The number of halogens is 1. The van der Waals surface area contributed by atoms with Gasteiger partial charge in [-0.15, -0.1) is 0 Å². The Balaban J connectivity index is 1.34. The normalized spacial score (nSPS) is 14.4. The summed E-state index contributed by atoms with van der Waals surface area (Å²) in [6.45, 7) is 9.39.